The lowest BCUT2D eigenvalue weighted by molar-refractivity contribution is 0.102. The number of carbonyl (C=O) groups is 1. The van der Waals surface area contributed by atoms with Gasteiger partial charge in [-0.1, -0.05) is 60.7 Å². The van der Waals surface area contributed by atoms with Crippen LogP contribution in [0.2, 0.25) is 0 Å². The Morgan fingerprint density at radius 3 is 2.19 bits per heavy atom. The Bertz CT molecular complexity index is 1630. The van der Waals surface area contributed by atoms with Gasteiger partial charge in [-0.2, -0.15) is 0 Å². The monoisotopic (exact) mass is 512 g/mol. The molecule has 0 aliphatic carbocycles. The average molecular weight is 513 g/mol. The van der Waals surface area contributed by atoms with Gasteiger partial charge in [-0.05, 0) is 70.4 Å². The average Bonchev–Trinajstić information content (AvgIpc) is 2.91. The Kier molecular flexibility index (Phi) is 6.68. The molecule has 3 N–H and O–H groups in total. The maximum atomic E-state index is 13.4. The van der Waals surface area contributed by atoms with Crippen LogP contribution in [0, 0.1) is 5.82 Å². The normalized spacial score (nSPS) is 11.7. The van der Waals surface area contributed by atoms with E-state index >= 15 is 0 Å². The van der Waals surface area contributed by atoms with Crippen LogP contribution in [-0.2, 0) is 11.3 Å². The van der Waals surface area contributed by atoms with Crippen molar-refractivity contribution in [1.29, 1.82) is 0 Å². The minimum Gasteiger partial charge on any atom is -0.506 e. The molecule has 0 aromatic heterocycles. The molecule has 0 fully saturated rings. The molecule has 8 heteroatoms. The zero-order valence-corrected chi connectivity index (χ0v) is 20.2. The first-order chi connectivity index (χ1) is 17.9. The summed E-state index contributed by atoms with van der Waals surface area (Å²) in [7, 11) is 0. The molecule has 0 saturated heterocycles. The molecule has 6 nitrogen and oxygen atoms in total. The summed E-state index contributed by atoms with van der Waals surface area (Å²) in [4.78, 5) is 13.3. The molecule has 1 amide bonds. The van der Waals surface area contributed by atoms with Crippen LogP contribution in [0.25, 0.3) is 21.9 Å². The van der Waals surface area contributed by atoms with Gasteiger partial charge in [0.25, 0.3) is 17.2 Å². The fraction of sp³-hybridized carbons (Fsp3) is 0. The van der Waals surface area contributed by atoms with Crippen molar-refractivity contribution in [3.8, 4) is 16.9 Å². The number of carbonyl (C=O) groups excluding carboxylic acids is 1. The largest absolute Gasteiger partial charge is 0.506 e. The Morgan fingerprint density at radius 2 is 1.49 bits per heavy atom. The van der Waals surface area contributed by atoms with E-state index in [9.17, 15) is 23.1 Å². The predicted molar refractivity (Wildman–Crippen MR) is 145 cm³/mol. The lowest BCUT2D eigenvalue weighted by Crippen LogP contribution is -2.20. The molecule has 37 heavy (non-hydrogen) atoms. The fourth-order valence-electron chi connectivity index (χ4n) is 4.22. The standard InChI is InChI=1S/C29H21FN2O4S/c30-20-10-13-22(14-11-20)32(37(35)36)27-18-21(12-17-28(27)33)31-29(34)26-16-15-23(19-6-2-1-3-7-19)24-8-4-5-9-25(24)26/h1-18,33H,(H,31,34)(H,35,36). The number of benzene rings is 5. The van der Waals surface area contributed by atoms with E-state index in [1.165, 1.54) is 30.3 Å². The Balaban J connectivity index is 1.50. The lowest BCUT2D eigenvalue weighted by Gasteiger charge is -2.22. The molecule has 5 aromatic carbocycles. The third-order valence-electron chi connectivity index (χ3n) is 5.92. The van der Waals surface area contributed by atoms with Crippen LogP contribution in [0.3, 0.4) is 0 Å². The van der Waals surface area contributed by atoms with Gasteiger partial charge >= 0.3 is 0 Å². The van der Waals surface area contributed by atoms with Crippen LogP contribution in [0.5, 0.6) is 5.75 Å². The summed E-state index contributed by atoms with van der Waals surface area (Å²) in [5, 5.41) is 14.9. The third kappa shape index (κ3) is 4.93. The third-order valence-corrected chi connectivity index (χ3v) is 6.64. The van der Waals surface area contributed by atoms with E-state index < -0.39 is 17.1 Å². The molecule has 5 rings (SSSR count). The van der Waals surface area contributed by atoms with Crippen molar-refractivity contribution < 1.29 is 23.1 Å². The molecular formula is C29H21FN2O4S. The van der Waals surface area contributed by atoms with Gasteiger partial charge < -0.3 is 10.4 Å². The van der Waals surface area contributed by atoms with Gasteiger partial charge in [0.2, 0.25) is 0 Å². The van der Waals surface area contributed by atoms with Crippen molar-refractivity contribution in [2.24, 2.45) is 0 Å². The van der Waals surface area contributed by atoms with Crippen LogP contribution in [0.1, 0.15) is 10.4 Å². The van der Waals surface area contributed by atoms with Gasteiger partial charge in [-0.3, -0.25) is 9.35 Å². The molecule has 0 bridgehead atoms. The molecule has 5 aromatic rings. The van der Waals surface area contributed by atoms with Gasteiger partial charge in [0, 0.05) is 11.3 Å². The maximum Gasteiger partial charge on any atom is 0.266 e. The van der Waals surface area contributed by atoms with E-state index in [1.54, 1.807) is 6.07 Å². The second-order valence-electron chi connectivity index (χ2n) is 8.23. The SMILES string of the molecule is O=C(Nc1ccc(O)c(N(c2ccc(F)cc2)S(=O)O)c1)c1ccc(-c2ccccc2)c2ccccc12. The number of nitrogens with one attached hydrogen (secondary N) is 1. The van der Waals surface area contributed by atoms with Crippen molar-refractivity contribution in [3.63, 3.8) is 0 Å². The van der Waals surface area contributed by atoms with Gasteiger partial charge in [0.05, 0.1) is 5.69 Å². The van der Waals surface area contributed by atoms with Crippen molar-refractivity contribution in [2.45, 2.75) is 0 Å². The molecule has 0 heterocycles. The Labute approximate surface area is 215 Å². The van der Waals surface area contributed by atoms with Crippen LogP contribution < -0.4 is 9.62 Å². The zero-order chi connectivity index (χ0) is 25.9. The summed E-state index contributed by atoms with van der Waals surface area (Å²) in [6.07, 6.45) is 0. The lowest BCUT2D eigenvalue weighted by atomic mass is 9.95. The van der Waals surface area contributed by atoms with Gasteiger partial charge in [-0.25, -0.2) is 12.9 Å². The molecule has 1 atom stereocenters. The van der Waals surface area contributed by atoms with E-state index in [0.717, 1.165) is 38.3 Å². The second kappa shape index (κ2) is 10.2. The van der Waals surface area contributed by atoms with Crippen molar-refractivity contribution >= 4 is 45.0 Å². The minimum absolute atomic E-state index is 0.0328. The molecule has 0 aliphatic rings. The van der Waals surface area contributed by atoms with Gasteiger partial charge in [-0.15, -0.1) is 0 Å². The number of amides is 1. The molecule has 0 aliphatic heterocycles. The summed E-state index contributed by atoms with van der Waals surface area (Å²) in [5.74, 6) is -1.18. The number of phenolic OH excluding ortho intramolecular Hbond substituents is 1. The number of fused-ring (bicyclic) bond motifs is 1. The highest BCUT2D eigenvalue weighted by Crippen LogP contribution is 2.37. The molecule has 0 radical (unpaired) electrons. The number of hydrogen-bond donors (Lipinski definition) is 3. The predicted octanol–water partition coefficient (Wildman–Crippen LogP) is 6.88. The molecule has 0 saturated carbocycles. The van der Waals surface area contributed by atoms with E-state index in [-0.39, 0.29) is 23.0 Å². The van der Waals surface area contributed by atoms with Crippen molar-refractivity contribution in [3.05, 3.63) is 121 Å². The van der Waals surface area contributed by atoms with Gasteiger partial charge in [0.1, 0.15) is 17.3 Å². The highest BCUT2D eigenvalue weighted by atomic mass is 32.2. The van der Waals surface area contributed by atoms with Crippen molar-refractivity contribution in [1.82, 2.24) is 0 Å². The fourth-order valence-corrected chi connectivity index (χ4v) is 4.84. The summed E-state index contributed by atoms with van der Waals surface area (Å²) in [6, 6.07) is 30.3. The van der Waals surface area contributed by atoms with Crippen molar-refractivity contribution in [2.75, 3.05) is 9.62 Å². The Hall–Kier alpha value is -4.53. The number of anilines is 3. The first kappa shape index (κ1) is 24.2. The Morgan fingerprint density at radius 1 is 0.811 bits per heavy atom. The second-order valence-corrected chi connectivity index (χ2v) is 9.06. The van der Waals surface area contributed by atoms with E-state index in [1.807, 2.05) is 60.7 Å². The molecular weight excluding hydrogens is 491 g/mol. The van der Waals surface area contributed by atoms with Crippen LogP contribution in [0.15, 0.2) is 109 Å². The number of hydrogen-bond acceptors (Lipinski definition) is 3. The summed E-state index contributed by atoms with van der Waals surface area (Å²) < 4.78 is 36.3. The molecule has 1 unspecified atom stereocenters. The van der Waals surface area contributed by atoms with Crippen LogP contribution in [-0.4, -0.2) is 19.8 Å². The first-order valence-electron chi connectivity index (χ1n) is 11.3. The van der Waals surface area contributed by atoms with E-state index in [4.69, 9.17) is 0 Å². The number of nitrogens with zero attached hydrogens (tertiary/aromatic N) is 1. The smallest absolute Gasteiger partial charge is 0.266 e. The summed E-state index contributed by atoms with van der Waals surface area (Å²) in [5.41, 5.74) is 2.93. The highest BCUT2D eigenvalue weighted by molar-refractivity contribution is 7.81. The maximum absolute atomic E-state index is 13.4. The van der Waals surface area contributed by atoms with Crippen LogP contribution in [0.4, 0.5) is 21.5 Å². The van der Waals surface area contributed by atoms with Crippen LogP contribution >= 0.6 is 0 Å². The number of phenols is 1. The molecule has 0 spiro atoms. The minimum atomic E-state index is -2.58. The molecule has 184 valence electrons. The zero-order valence-electron chi connectivity index (χ0n) is 19.3. The first-order valence-corrected chi connectivity index (χ1v) is 12.4. The van der Waals surface area contributed by atoms with E-state index in [0.29, 0.717) is 11.3 Å². The topological polar surface area (TPSA) is 89.9 Å². The quantitative estimate of drug-likeness (QED) is 0.171. The highest BCUT2D eigenvalue weighted by Gasteiger charge is 2.21. The number of halogens is 1. The summed E-state index contributed by atoms with van der Waals surface area (Å²) >= 11 is -2.58. The summed E-state index contributed by atoms with van der Waals surface area (Å²) in [6.45, 7) is 0. The van der Waals surface area contributed by atoms with Gasteiger partial charge in [0.15, 0.2) is 0 Å². The number of aromatic hydroxyl groups is 1. The van der Waals surface area contributed by atoms with E-state index in [2.05, 4.69) is 5.32 Å². The number of rotatable bonds is 6.